The first-order chi connectivity index (χ1) is 19.6. The summed E-state index contributed by atoms with van der Waals surface area (Å²) in [7, 11) is 0.222. The number of fused-ring (bicyclic) bond motifs is 1. The summed E-state index contributed by atoms with van der Waals surface area (Å²) in [5, 5.41) is 19.0. The van der Waals surface area contributed by atoms with Gasteiger partial charge in [0.15, 0.2) is 5.54 Å². The van der Waals surface area contributed by atoms with Crippen molar-refractivity contribution in [3.63, 3.8) is 0 Å². The molecule has 0 bridgehead atoms. The lowest BCUT2D eigenvalue weighted by Gasteiger charge is -2.42. The van der Waals surface area contributed by atoms with E-state index in [0.717, 1.165) is 4.31 Å². The number of amides is 2. The fourth-order valence-corrected chi connectivity index (χ4v) is 7.31. The molecule has 1 unspecified atom stereocenters. The van der Waals surface area contributed by atoms with Crippen LogP contribution in [0.5, 0.6) is 5.75 Å². The zero-order chi connectivity index (χ0) is 29.5. The van der Waals surface area contributed by atoms with Gasteiger partial charge in [-0.05, 0) is 61.4 Å². The van der Waals surface area contributed by atoms with Crippen LogP contribution in [0.1, 0.15) is 35.1 Å². The zero-order valence-corrected chi connectivity index (χ0v) is 23.6. The highest BCUT2D eigenvalue weighted by atomic mass is 32.2. The second-order valence-corrected chi connectivity index (χ2v) is 11.8. The average molecular weight is 570 g/mol. The van der Waals surface area contributed by atoms with Crippen LogP contribution in [0.25, 0.3) is 0 Å². The molecule has 3 aromatic carbocycles. The number of anilines is 1. The van der Waals surface area contributed by atoms with Gasteiger partial charge < -0.3 is 9.64 Å². The first-order valence-electron chi connectivity index (χ1n) is 12.9. The smallest absolute Gasteiger partial charge is 0.271 e. The number of nitrogens with zero attached hydrogens (tertiary/aromatic N) is 5. The number of sulfonamides is 1. The number of carbonyl (C=O) groups excluding carboxylic acids is 2. The monoisotopic (exact) mass is 569 g/mol. The number of hydrogen-bond acceptors (Lipinski definition) is 8. The molecule has 2 amide bonds. The lowest BCUT2D eigenvalue weighted by Crippen LogP contribution is -2.59. The van der Waals surface area contributed by atoms with E-state index in [9.17, 15) is 23.7 Å². The van der Waals surface area contributed by atoms with Crippen LogP contribution in [0.2, 0.25) is 0 Å². The van der Waals surface area contributed by atoms with Crippen molar-refractivity contribution in [3.8, 4) is 17.9 Å². The third kappa shape index (κ3) is 4.13. The maximum absolute atomic E-state index is 15.0. The van der Waals surface area contributed by atoms with E-state index in [2.05, 4.69) is 6.07 Å². The molecule has 2 aliphatic rings. The van der Waals surface area contributed by atoms with E-state index in [1.807, 2.05) is 6.07 Å². The first kappa shape index (κ1) is 27.8. The predicted molar refractivity (Wildman–Crippen MR) is 149 cm³/mol. The van der Waals surface area contributed by atoms with E-state index in [-0.39, 0.29) is 33.2 Å². The molecule has 2 atom stereocenters. The Balaban J connectivity index is 1.86. The molecule has 0 N–H and O–H groups in total. The van der Waals surface area contributed by atoms with E-state index >= 15 is 4.79 Å². The van der Waals surface area contributed by atoms with E-state index in [1.165, 1.54) is 54.5 Å². The van der Waals surface area contributed by atoms with Crippen LogP contribution < -0.4 is 9.04 Å². The zero-order valence-electron chi connectivity index (χ0n) is 22.7. The average Bonchev–Trinajstić information content (AvgIpc) is 3.57. The topological polar surface area (TPSA) is 135 Å². The van der Waals surface area contributed by atoms with Gasteiger partial charge in [-0.25, -0.2) is 12.7 Å². The molecule has 208 valence electrons. The Morgan fingerprint density at radius 1 is 1.00 bits per heavy atom. The van der Waals surface area contributed by atoms with Gasteiger partial charge in [-0.3, -0.25) is 14.5 Å². The van der Waals surface area contributed by atoms with E-state index in [1.54, 1.807) is 43.3 Å². The fraction of sp³-hybridized carbons (Fsp3) is 0.267. The van der Waals surface area contributed by atoms with Crippen molar-refractivity contribution in [2.75, 3.05) is 32.1 Å². The molecule has 0 saturated carbocycles. The second-order valence-electron chi connectivity index (χ2n) is 10.0. The number of hydrogen-bond donors (Lipinski definition) is 0. The van der Waals surface area contributed by atoms with Crippen molar-refractivity contribution < 1.29 is 22.7 Å². The van der Waals surface area contributed by atoms with Crippen molar-refractivity contribution in [1.82, 2.24) is 9.80 Å². The molecule has 41 heavy (non-hydrogen) atoms. The summed E-state index contributed by atoms with van der Waals surface area (Å²) in [5.41, 5.74) is -0.612. The molecule has 10 nitrogen and oxygen atoms in total. The standard InChI is InChI=1S/C30H27N5O5S/c1-33(2)28(36)26-8-6-16-34(26)30(23-7-4-5-9-27(23)40-3)24-17-21(19-32)12-15-25(24)35(29(30)37)41(38,39)22-13-10-20(18-31)11-14-22/h4-5,7,9-15,17,26H,6,8,16H2,1-3H3/t26?,30-/m1/s1. The minimum absolute atomic E-state index is 0.0761. The van der Waals surface area contributed by atoms with Crippen molar-refractivity contribution in [2.45, 2.75) is 29.3 Å². The molecule has 0 spiro atoms. The minimum atomic E-state index is -4.50. The largest absolute Gasteiger partial charge is 0.496 e. The molecule has 3 aromatic rings. The number of ether oxygens (including phenoxy) is 1. The lowest BCUT2D eigenvalue weighted by molar-refractivity contribution is -0.138. The Labute approximate surface area is 238 Å². The van der Waals surface area contributed by atoms with Gasteiger partial charge in [-0.2, -0.15) is 10.5 Å². The minimum Gasteiger partial charge on any atom is -0.496 e. The van der Waals surface area contributed by atoms with Crippen LogP contribution >= 0.6 is 0 Å². The maximum Gasteiger partial charge on any atom is 0.271 e. The summed E-state index contributed by atoms with van der Waals surface area (Å²) >= 11 is 0. The van der Waals surface area contributed by atoms with Gasteiger partial charge in [0.25, 0.3) is 15.9 Å². The van der Waals surface area contributed by atoms with Gasteiger partial charge in [0.05, 0.1) is 47.0 Å². The van der Waals surface area contributed by atoms with Crippen LogP contribution in [0.4, 0.5) is 5.69 Å². The quantitative estimate of drug-likeness (QED) is 0.442. The number of likely N-dealkylation sites (N-methyl/N-ethyl adjacent to an activating group) is 1. The van der Waals surface area contributed by atoms with Crippen molar-refractivity contribution >= 4 is 27.5 Å². The Morgan fingerprint density at radius 2 is 1.66 bits per heavy atom. The van der Waals surface area contributed by atoms with E-state index in [4.69, 9.17) is 4.74 Å². The van der Waals surface area contributed by atoms with Gasteiger partial charge in [0, 0.05) is 31.8 Å². The Kier molecular flexibility index (Phi) is 7.03. The third-order valence-corrected chi connectivity index (χ3v) is 9.37. The molecule has 11 heteroatoms. The fourth-order valence-electron chi connectivity index (χ4n) is 5.85. The molecule has 2 heterocycles. The van der Waals surface area contributed by atoms with Crippen LogP contribution in [0, 0.1) is 22.7 Å². The molecule has 2 aliphatic heterocycles. The van der Waals surface area contributed by atoms with Crippen LogP contribution in [-0.2, 0) is 25.2 Å². The SMILES string of the molecule is COc1ccccc1[C@]1(N2CCCC2C(=O)N(C)C)C(=O)N(S(=O)(=O)c2ccc(C#N)cc2)c2ccc(C#N)cc21. The maximum atomic E-state index is 15.0. The summed E-state index contributed by atoms with van der Waals surface area (Å²) < 4.78 is 34.9. The highest BCUT2D eigenvalue weighted by Gasteiger charge is 2.63. The molecule has 0 aliphatic carbocycles. The Bertz CT molecular complexity index is 1740. The van der Waals surface area contributed by atoms with Gasteiger partial charge in [-0.15, -0.1) is 0 Å². The van der Waals surface area contributed by atoms with Gasteiger partial charge in [0.2, 0.25) is 5.91 Å². The van der Waals surface area contributed by atoms with Gasteiger partial charge in [0.1, 0.15) is 5.75 Å². The van der Waals surface area contributed by atoms with Crippen molar-refractivity contribution in [3.05, 3.63) is 89.0 Å². The van der Waals surface area contributed by atoms with Crippen LogP contribution in [0.3, 0.4) is 0 Å². The summed E-state index contributed by atoms with van der Waals surface area (Å²) in [6.45, 7) is 0.314. The molecular formula is C30H27N5O5S. The number of likely N-dealkylation sites (tertiary alicyclic amines) is 1. The van der Waals surface area contributed by atoms with E-state index in [0.29, 0.717) is 30.7 Å². The van der Waals surface area contributed by atoms with Crippen LogP contribution in [-0.4, -0.2) is 63.8 Å². The lowest BCUT2D eigenvalue weighted by atomic mass is 9.80. The summed E-state index contributed by atoms with van der Waals surface area (Å²) in [6.07, 6.45) is 1.04. The van der Waals surface area contributed by atoms with Crippen molar-refractivity contribution in [2.24, 2.45) is 0 Å². The highest BCUT2D eigenvalue weighted by Crippen LogP contribution is 2.54. The first-order valence-corrected chi connectivity index (χ1v) is 14.3. The summed E-state index contributed by atoms with van der Waals surface area (Å²) in [5.74, 6) is -0.708. The summed E-state index contributed by atoms with van der Waals surface area (Å²) in [6, 6.07) is 19.8. The number of carbonyl (C=O) groups is 2. The molecule has 1 fully saturated rings. The number of methoxy groups -OCH3 is 1. The third-order valence-electron chi connectivity index (χ3n) is 7.66. The highest BCUT2D eigenvalue weighted by molar-refractivity contribution is 7.93. The normalized spacial score (nSPS) is 20.3. The van der Waals surface area contributed by atoms with Crippen LogP contribution in [0.15, 0.2) is 71.6 Å². The Morgan fingerprint density at radius 3 is 2.29 bits per heavy atom. The number of para-hydroxylation sites is 1. The second kappa shape index (κ2) is 10.4. The molecule has 1 saturated heterocycles. The number of rotatable bonds is 6. The molecular weight excluding hydrogens is 542 g/mol. The number of nitriles is 2. The molecule has 5 rings (SSSR count). The van der Waals surface area contributed by atoms with Gasteiger partial charge >= 0.3 is 0 Å². The number of benzene rings is 3. The summed E-state index contributed by atoms with van der Waals surface area (Å²) in [4.78, 5) is 31.5. The predicted octanol–water partition coefficient (Wildman–Crippen LogP) is 2.97. The van der Waals surface area contributed by atoms with E-state index < -0.39 is 27.5 Å². The molecule has 0 radical (unpaired) electrons. The Hall–Kier alpha value is -4.71. The molecule has 0 aromatic heterocycles. The van der Waals surface area contributed by atoms with Crippen molar-refractivity contribution in [1.29, 1.82) is 10.5 Å². The van der Waals surface area contributed by atoms with Gasteiger partial charge in [-0.1, -0.05) is 18.2 Å².